The number of Topliss-reactive ketones (excluding diaryl/α,β-unsaturated/α-hetero) is 2. The first kappa shape index (κ1) is 44.1. The van der Waals surface area contributed by atoms with Crippen LogP contribution in [-0.2, 0) is 9.59 Å². The van der Waals surface area contributed by atoms with Gasteiger partial charge in [-0.25, -0.2) is 0 Å². The van der Waals surface area contributed by atoms with E-state index >= 15 is 0 Å². The van der Waals surface area contributed by atoms with Crippen molar-refractivity contribution in [1.82, 2.24) is 4.90 Å². The highest BCUT2D eigenvalue weighted by molar-refractivity contribution is 7.80. The van der Waals surface area contributed by atoms with Gasteiger partial charge in [-0.15, -0.1) is 0 Å². The maximum Gasteiger partial charge on any atom is 0.138 e. The van der Waals surface area contributed by atoms with Gasteiger partial charge in [-0.3, -0.25) is 14.5 Å². The van der Waals surface area contributed by atoms with Crippen molar-refractivity contribution in [3.8, 4) is 0 Å². The molecule has 264 valence electrons. The molecule has 0 saturated heterocycles. The number of hydrogen-bond acceptors (Lipinski definition) is 4. The Bertz CT molecular complexity index is 716. The second-order valence-electron chi connectivity index (χ2n) is 13.9. The van der Waals surface area contributed by atoms with Gasteiger partial charge in [-0.05, 0) is 78.3 Å². The molecular formula is C41H77NO2S. The van der Waals surface area contributed by atoms with E-state index in [1.807, 2.05) is 19.0 Å². The van der Waals surface area contributed by atoms with Gasteiger partial charge in [0.15, 0.2) is 0 Å². The minimum atomic E-state index is -0.296. The Hall–Kier alpha value is -0.870. The van der Waals surface area contributed by atoms with E-state index in [0.717, 1.165) is 25.7 Å². The number of rotatable bonds is 35. The van der Waals surface area contributed by atoms with Crippen LogP contribution in [0.15, 0.2) is 24.3 Å². The second-order valence-corrected chi connectivity index (χ2v) is 14.4. The van der Waals surface area contributed by atoms with E-state index in [9.17, 15) is 9.59 Å². The van der Waals surface area contributed by atoms with Gasteiger partial charge in [0.1, 0.15) is 11.6 Å². The number of nitrogens with zero attached hydrogens (tertiary/aromatic N) is 1. The number of thiol groups is 1. The van der Waals surface area contributed by atoms with Crippen LogP contribution in [0.5, 0.6) is 0 Å². The number of carbonyl (C=O) groups excluding carboxylic acids is 2. The third-order valence-corrected chi connectivity index (χ3v) is 9.97. The zero-order valence-electron chi connectivity index (χ0n) is 30.7. The van der Waals surface area contributed by atoms with Crippen LogP contribution in [0.3, 0.4) is 0 Å². The minimum Gasteiger partial charge on any atom is -0.300 e. The molecule has 2 unspecified atom stereocenters. The van der Waals surface area contributed by atoms with Gasteiger partial charge < -0.3 is 0 Å². The fourth-order valence-electron chi connectivity index (χ4n) is 6.04. The van der Waals surface area contributed by atoms with E-state index in [1.54, 1.807) is 0 Å². The Morgan fingerprint density at radius 2 is 0.844 bits per heavy atom. The number of allylic oxidation sites excluding steroid dienone is 4. The molecule has 0 saturated carbocycles. The maximum atomic E-state index is 13.1. The molecule has 0 amide bonds. The zero-order chi connectivity index (χ0) is 33.2. The van der Waals surface area contributed by atoms with Gasteiger partial charge >= 0.3 is 0 Å². The van der Waals surface area contributed by atoms with Crippen molar-refractivity contribution in [2.75, 3.05) is 14.1 Å². The van der Waals surface area contributed by atoms with Crippen molar-refractivity contribution in [2.45, 2.75) is 205 Å². The van der Waals surface area contributed by atoms with Crippen molar-refractivity contribution >= 4 is 24.2 Å². The molecule has 4 heteroatoms. The van der Waals surface area contributed by atoms with E-state index in [2.05, 4.69) is 38.2 Å². The van der Waals surface area contributed by atoms with E-state index in [-0.39, 0.29) is 22.9 Å². The summed E-state index contributed by atoms with van der Waals surface area (Å²) in [6, 6.07) is 0. The predicted octanol–water partition coefficient (Wildman–Crippen LogP) is 13.0. The molecule has 0 aliphatic heterocycles. The molecule has 0 rings (SSSR count). The lowest BCUT2D eigenvalue weighted by Gasteiger charge is -2.27. The highest BCUT2D eigenvalue weighted by Crippen LogP contribution is 2.23. The first-order chi connectivity index (χ1) is 21.9. The molecule has 0 aromatic rings. The van der Waals surface area contributed by atoms with Crippen molar-refractivity contribution in [3.63, 3.8) is 0 Å². The van der Waals surface area contributed by atoms with Crippen LogP contribution < -0.4 is 0 Å². The standard InChI is InChI=1S/C41H77NO2S/c1-5-7-9-11-13-15-17-19-21-23-25-27-29-31-33-35-38(43)37-39(41(45)42(3)4)40(44)36-34-32-30-28-26-24-22-20-18-16-14-12-10-8-6-2/h19-22,39,41,45H,5-18,23-37H2,1-4H3/b21-19-,22-20-. The van der Waals surface area contributed by atoms with Crippen molar-refractivity contribution in [2.24, 2.45) is 5.92 Å². The van der Waals surface area contributed by atoms with Gasteiger partial charge in [-0.2, -0.15) is 12.6 Å². The predicted molar refractivity (Wildman–Crippen MR) is 203 cm³/mol. The van der Waals surface area contributed by atoms with Gasteiger partial charge in [-0.1, -0.05) is 141 Å². The second kappa shape index (κ2) is 34.5. The molecule has 0 aromatic carbocycles. The summed E-state index contributed by atoms with van der Waals surface area (Å²) in [5, 5.41) is -0.196. The molecule has 0 bridgehead atoms. The Kier molecular flexibility index (Phi) is 33.8. The highest BCUT2D eigenvalue weighted by atomic mass is 32.1. The Balaban J connectivity index is 3.96. The third kappa shape index (κ3) is 30.2. The lowest BCUT2D eigenvalue weighted by molar-refractivity contribution is -0.129. The quantitative estimate of drug-likeness (QED) is 0.0322. The smallest absolute Gasteiger partial charge is 0.138 e. The molecule has 2 atom stereocenters. The Morgan fingerprint density at radius 1 is 0.511 bits per heavy atom. The highest BCUT2D eigenvalue weighted by Gasteiger charge is 2.28. The number of hydrogen-bond donors (Lipinski definition) is 1. The van der Waals surface area contributed by atoms with Crippen LogP contribution in [0.1, 0.15) is 200 Å². The summed E-state index contributed by atoms with van der Waals surface area (Å²) in [7, 11) is 3.91. The zero-order valence-corrected chi connectivity index (χ0v) is 31.6. The van der Waals surface area contributed by atoms with Gasteiger partial charge in [0, 0.05) is 25.2 Å². The average molecular weight is 648 g/mol. The summed E-state index contributed by atoms with van der Waals surface area (Å²) in [5.74, 6) is 0.159. The van der Waals surface area contributed by atoms with E-state index in [0.29, 0.717) is 19.3 Å². The summed E-state index contributed by atoms with van der Waals surface area (Å²) in [5.41, 5.74) is 0. The van der Waals surface area contributed by atoms with Gasteiger partial charge in [0.05, 0.1) is 5.37 Å². The monoisotopic (exact) mass is 648 g/mol. The molecule has 0 spiro atoms. The number of carbonyl (C=O) groups is 2. The van der Waals surface area contributed by atoms with Crippen molar-refractivity contribution < 1.29 is 9.59 Å². The summed E-state index contributed by atoms with van der Waals surface area (Å²) in [6.45, 7) is 4.54. The lowest BCUT2D eigenvalue weighted by atomic mass is 9.91. The van der Waals surface area contributed by atoms with Crippen LogP contribution in [0.2, 0.25) is 0 Å². The normalized spacial score (nSPS) is 13.4. The van der Waals surface area contributed by atoms with Crippen LogP contribution in [0, 0.1) is 5.92 Å². The molecular weight excluding hydrogens is 571 g/mol. The summed E-state index contributed by atoms with van der Waals surface area (Å²) in [6.07, 6.45) is 43.7. The molecule has 0 aromatic heterocycles. The van der Waals surface area contributed by atoms with Crippen LogP contribution >= 0.6 is 12.6 Å². The van der Waals surface area contributed by atoms with Crippen molar-refractivity contribution in [3.05, 3.63) is 24.3 Å². The largest absolute Gasteiger partial charge is 0.300 e. The molecule has 3 nitrogen and oxygen atoms in total. The number of ketones is 2. The Labute approximate surface area is 287 Å². The van der Waals surface area contributed by atoms with Crippen LogP contribution in [0.25, 0.3) is 0 Å². The molecule has 45 heavy (non-hydrogen) atoms. The van der Waals surface area contributed by atoms with Crippen molar-refractivity contribution in [1.29, 1.82) is 0 Å². The molecule has 0 fully saturated rings. The molecule has 0 aliphatic rings. The van der Waals surface area contributed by atoms with Gasteiger partial charge in [0.25, 0.3) is 0 Å². The SMILES string of the molecule is CCCCCCCC/C=C\CCCCCCCC(=O)CC(C(=O)CCCCCCC/C=C\CCCCCCCC)C(S)N(C)C. The lowest BCUT2D eigenvalue weighted by Crippen LogP contribution is -2.36. The first-order valence-electron chi connectivity index (χ1n) is 19.6. The van der Waals surface area contributed by atoms with E-state index < -0.39 is 0 Å². The maximum absolute atomic E-state index is 13.1. The average Bonchev–Trinajstić information content (AvgIpc) is 3.03. The number of unbranched alkanes of at least 4 members (excludes halogenated alkanes) is 22. The minimum absolute atomic E-state index is 0.196. The molecule has 0 radical (unpaired) electrons. The molecule has 0 aliphatic carbocycles. The summed E-state index contributed by atoms with van der Waals surface area (Å²) < 4.78 is 0. The topological polar surface area (TPSA) is 37.4 Å². The molecule has 0 N–H and O–H groups in total. The first-order valence-corrected chi connectivity index (χ1v) is 20.1. The van der Waals surface area contributed by atoms with Crippen LogP contribution in [-0.4, -0.2) is 35.9 Å². The van der Waals surface area contributed by atoms with Gasteiger partial charge in [0.2, 0.25) is 0 Å². The Morgan fingerprint density at radius 3 is 1.22 bits per heavy atom. The summed E-state index contributed by atoms with van der Waals surface area (Å²) in [4.78, 5) is 27.9. The van der Waals surface area contributed by atoms with Crippen LogP contribution in [0.4, 0.5) is 0 Å². The fourth-order valence-corrected chi connectivity index (χ4v) is 6.31. The fraction of sp³-hybridized carbons (Fsp3) is 0.854. The molecule has 0 heterocycles. The summed E-state index contributed by atoms with van der Waals surface area (Å²) >= 11 is 4.73. The third-order valence-electron chi connectivity index (χ3n) is 9.15. The van der Waals surface area contributed by atoms with E-state index in [1.165, 1.54) is 141 Å². The van der Waals surface area contributed by atoms with E-state index in [4.69, 9.17) is 12.6 Å².